The molecule has 5 nitrogen and oxygen atoms in total. The SMILES string of the molecule is COC(=O)[C@@H](N)COC1CCCCO1.Cl. The lowest BCUT2D eigenvalue weighted by atomic mass is 10.2. The van der Waals surface area contributed by atoms with Gasteiger partial charge in [-0.3, -0.25) is 4.79 Å². The van der Waals surface area contributed by atoms with Crippen LogP contribution in [-0.2, 0) is 19.0 Å². The first-order chi connectivity index (χ1) is 6.74. The summed E-state index contributed by atoms with van der Waals surface area (Å²) in [6.45, 7) is 0.871. The molecule has 0 spiro atoms. The van der Waals surface area contributed by atoms with Crippen LogP contribution in [0.15, 0.2) is 0 Å². The van der Waals surface area contributed by atoms with Crippen molar-refractivity contribution in [2.45, 2.75) is 31.6 Å². The highest BCUT2D eigenvalue weighted by Gasteiger charge is 2.19. The van der Waals surface area contributed by atoms with Gasteiger partial charge in [0.25, 0.3) is 0 Å². The lowest BCUT2D eigenvalue weighted by molar-refractivity contribution is -0.170. The Morgan fingerprint density at radius 3 is 2.87 bits per heavy atom. The van der Waals surface area contributed by atoms with Gasteiger partial charge in [-0.1, -0.05) is 0 Å². The number of halogens is 1. The molecule has 0 saturated carbocycles. The van der Waals surface area contributed by atoms with E-state index in [0.717, 1.165) is 25.9 Å². The monoisotopic (exact) mass is 239 g/mol. The quantitative estimate of drug-likeness (QED) is 0.722. The molecule has 15 heavy (non-hydrogen) atoms. The smallest absolute Gasteiger partial charge is 0.325 e. The fourth-order valence-electron chi connectivity index (χ4n) is 1.27. The summed E-state index contributed by atoms with van der Waals surface area (Å²) in [6, 6.07) is -0.717. The second kappa shape index (κ2) is 7.87. The van der Waals surface area contributed by atoms with E-state index in [4.69, 9.17) is 15.2 Å². The maximum Gasteiger partial charge on any atom is 0.325 e. The van der Waals surface area contributed by atoms with Crippen molar-refractivity contribution in [1.29, 1.82) is 0 Å². The molecule has 1 fully saturated rings. The van der Waals surface area contributed by atoms with Crippen molar-refractivity contribution in [3.63, 3.8) is 0 Å². The number of rotatable bonds is 4. The van der Waals surface area contributed by atoms with Crippen LogP contribution in [0.25, 0.3) is 0 Å². The summed E-state index contributed by atoms with van der Waals surface area (Å²) < 4.78 is 15.1. The summed E-state index contributed by atoms with van der Waals surface area (Å²) in [7, 11) is 1.30. The molecule has 0 amide bonds. The minimum absolute atomic E-state index is 0. The van der Waals surface area contributed by atoms with Crippen molar-refractivity contribution in [1.82, 2.24) is 0 Å². The Morgan fingerprint density at radius 2 is 2.33 bits per heavy atom. The second-order valence-electron chi connectivity index (χ2n) is 3.26. The molecule has 1 unspecified atom stereocenters. The topological polar surface area (TPSA) is 70.8 Å². The number of methoxy groups -OCH3 is 1. The maximum absolute atomic E-state index is 10.9. The highest BCUT2D eigenvalue weighted by atomic mass is 35.5. The van der Waals surface area contributed by atoms with Crippen molar-refractivity contribution >= 4 is 18.4 Å². The first kappa shape index (κ1) is 14.6. The maximum atomic E-state index is 10.9. The molecule has 1 rings (SSSR count). The molecule has 6 heteroatoms. The number of hydrogen-bond acceptors (Lipinski definition) is 5. The normalized spacial score (nSPS) is 22.7. The van der Waals surface area contributed by atoms with Crippen molar-refractivity contribution in [3.8, 4) is 0 Å². The zero-order valence-corrected chi connectivity index (χ0v) is 9.63. The van der Waals surface area contributed by atoms with Crippen molar-refractivity contribution in [2.75, 3.05) is 20.3 Å². The van der Waals surface area contributed by atoms with Crippen LogP contribution < -0.4 is 5.73 Å². The number of hydrogen-bond donors (Lipinski definition) is 1. The molecule has 0 aromatic heterocycles. The molecule has 0 aromatic rings. The van der Waals surface area contributed by atoms with Gasteiger partial charge in [-0.25, -0.2) is 0 Å². The average molecular weight is 240 g/mol. The number of ether oxygens (including phenoxy) is 3. The van der Waals surface area contributed by atoms with Gasteiger partial charge >= 0.3 is 5.97 Å². The van der Waals surface area contributed by atoms with E-state index in [0.29, 0.717) is 0 Å². The van der Waals surface area contributed by atoms with Gasteiger partial charge in [0.15, 0.2) is 6.29 Å². The summed E-state index contributed by atoms with van der Waals surface area (Å²) >= 11 is 0. The number of carbonyl (C=O) groups is 1. The van der Waals surface area contributed by atoms with Crippen LogP contribution in [0.1, 0.15) is 19.3 Å². The Morgan fingerprint density at radius 1 is 1.60 bits per heavy atom. The van der Waals surface area contributed by atoms with E-state index in [1.165, 1.54) is 7.11 Å². The summed E-state index contributed by atoms with van der Waals surface area (Å²) in [4.78, 5) is 10.9. The third kappa shape index (κ3) is 5.32. The third-order valence-corrected chi connectivity index (χ3v) is 2.10. The van der Waals surface area contributed by atoms with Crippen molar-refractivity contribution in [3.05, 3.63) is 0 Å². The molecule has 1 saturated heterocycles. The Bertz CT molecular complexity index is 185. The molecular weight excluding hydrogens is 222 g/mol. The van der Waals surface area contributed by atoms with Gasteiger partial charge in [0.05, 0.1) is 13.7 Å². The van der Waals surface area contributed by atoms with E-state index in [1.54, 1.807) is 0 Å². The Kier molecular flexibility index (Phi) is 7.68. The predicted molar refractivity (Wildman–Crippen MR) is 56.8 cm³/mol. The molecule has 1 heterocycles. The molecule has 1 aliphatic rings. The first-order valence-corrected chi connectivity index (χ1v) is 4.80. The minimum atomic E-state index is -0.717. The van der Waals surface area contributed by atoms with Gasteiger partial charge in [0, 0.05) is 6.61 Å². The van der Waals surface area contributed by atoms with Gasteiger partial charge in [-0.15, -0.1) is 12.4 Å². The van der Waals surface area contributed by atoms with E-state index >= 15 is 0 Å². The predicted octanol–water partition coefficient (Wildman–Crippen LogP) is 0.452. The molecule has 1 aliphatic heterocycles. The second-order valence-corrected chi connectivity index (χ2v) is 3.26. The minimum Gasteiger partial charge on any atom is -0.468 e. The Labute approximate surface area is 95.6 Å². The highest BCUT2D eigenvalue weighted by molar-refractivity contribution is 5.85. The Hall–Kier alpha value is -0.360. The van der Waals surface area contributed by atoms with Crippen LogP contribution >= 0.6 is 12.4 Å². The van der Waals surface area contributed by atoms with E-state index in [2.05, 4.69) is 4.74 Å². The molecular formula is C9H18ClNO4. The fraction of sp³-hybridized carbons (Fsp3) is 0.889. The van der Waals surface area contributed by atoms with E-state index < -0.39 is 12.0 Å². The lowest BCUT2D eigenvalue weighted by Crippen LogP contribution is -2.38. The zero-order chi connectivity index (χ0) is 10.4. The largest absolute Gasteiger partial charge is 0.468 e. The average Bonchev–Trinajstić information content (AvgIpc) is 2.26. The van der Waals surface area contributed by atoms with E-state index in [-0.39, 0.29) is 25.3 Å². The number of carbonyl (C=O) groups excluding carboxylic acids is 1. The van der Waals surface area contributed by atoms with Crippen LogP contribution in [0.5, 0.6) is 0 Å². The number of nitrogens with two attached hydrogens (primary N) is 1. The van der Waals surface area contributed by atoms with Gasteiger partial charge < -0.3 is 19.9 Å². The van der Waals surface area contributed by atoms with E-state index in [9.17, 15) is 4.79 Å². The first-order valence-electron chi connectivity index (χ1n) is 4.80. The zero-order valence-electron chi connectivity index (χ0n) is 8.81. The summed E-state index contributed by atoms with van der Waals surface area (Å²) in [6.07, 6.45) is 2.83. The summed E-state index contributed by atoms with van der Waals surface area (Å²) in [5, 5.41) is 0. The van der Waals surface area contributed by atoms with E-state index in [1.807, 2.05) is 0 Å². The van der Waals surface area contributed by atoms with Crippen LogP contribution in [0.3, 0.4) is 0 Å². The van der Waals surface area contributed by atoms with Crippen molar-refractivity contribution < 1.29 is 19.0 Å². The molecule has 2 N–H and O–H groups in total. The molecule has 2 atom stereocenters. The van der Waals surface area contributed by atoms with Crippen LogP contribution in [0, 0.1) is 0 Å². The van der Waals surface area contributed by atoms with Gasteiger partial charge in [-0.05, 0) is 19.3 Å². The Balaban J connectivity index is 0.00000196. The molecule has 0 radical (unpaired) electrons. The van der Waals surface area contributed by atoms with Gasteiger partial charge in [0.1, 0.15) is 6.04 Å². The molecule has 0 aromatic carbocycles. The van der Waals surface area contributed by atoms with Crippen molar-refractivity contribution in [2.24, 2.45) is 5.73 Å². The standard InChI is InChI=1S/C9H17NO4.ClH/c1-12-9(11)7(10)6-14-8-4-2-3-5-13-8;/h7-8H,2-6,10H2,1H3;1H/t7-,8?;/m0./s1. The van der Waals surface area contributed by atoms with Crippen LogP contribution in [0.4, 0.5) is 0 Å². The fourth-order valence-corrected chi connectivity index (χ4v) is 1.27. The molecule has 0 bridgehead atoms. The van der Waals surface area contributed by atoms with Gasteiger partial charge in [0.2, 0.25) is 0 Å². The van der Waals surface area contributed by atoms with Crippen LogP contribution in [0.2, 0.25) is 0 Å². The lowest BCUT2D eigenvalue weighted by Gasteiger charge is -2.23. The number of esters is 1. The summed E-state index contributed by atoms with van der Waals surface area (Å²) in [5.74, 6) is -0.458. The highest BCUT2D eigenvalue weighted by Crippen LogP contribution is 2.13. The van der Waals surface area contributed by atoms with Crippen LogP contribution in [-0.4, -0.2) is 38.6 Å². The summed E-state index contributed by atoms with van der Waals surface area (Å²) in [5.41, 5.74) is 5.49. The van der Waals surface area contributed by atoms with Gasteiger partial charge in [-0.2, -0.15) is 0 Å². The molecule has 90 valence electrons. The third-order valence-electron chi connectivity index (χ3n) is 2.10. The molecule has 0 aliphatic carbocycles.